The van der Waals surface area contributed by atoms with Gasteiger partial charge in [-0.2, -0.15) is 0 Å². The maximum absolute atomic E-state index is 9.35. The smallest absolute Gasteiger partial charge is 0.107 e. The Kier molecular flexibility index (Phi) is 5.04. The summed E-state index contributed by atoms with van der Waals surface area (Å²) in [6.07, 6.45) is 0.0468. The zero-order valence-electron chi connectivity index (χ0n) is 8.54. The van der Waals surface area contributed by atoms with E-state index in [1.165, 1.54) is 6.08 Å². The van der Waals surface area contributed by atoms with Crippen molar-refractivity contribution in [3.8, 4) is 0 Å². The SMILES string of the molecule is C=C[C@@H](OCc1ccccc1)[C@H](O)CO. The molecular weight excluding hydrogens is 192 g/mol. The number of aliphatic hydroxyl groups excluding tert-OH is 2. The molecule has 0 radical (unpaired) electrons. The van der Waals surface area contributed by atoms with Gasteiger partial charge < -0.3 is 14.9 Å². The van der Waals surface area contributed by atoms with Crippen molar-refractivity contribution in [2.45, 2.75) is 18.8 Å². The van der Waals surface area contributed by atoms with Crippen molar-refractivity contribution in [2.24, 2.45) is 0 Å². The summed E-state index contributed by atoms with van der Waals surface area (Å²) >= 11 is 0. The fourth-order valence-electron chi connectivity index (χ4n) is 1.21. The molecular formula is C12H16O3. The third-order valence-electron chi connectivity index (χ3n) is 2.08. The van der Waals surface area contributed by atoms with Crippen LogP contribution in [0.4, 0.5) is 0 Å². The van der Waals surface area contributed by atoms with E-state index in [0.717, 1.165) is 5.56 Å². The second kappa shape index (κ2) is 6.35. The zero-order valence-corrected chi connectivity index (χ0v) is 8.54. The van der Waals surface area contributed by atoms with Gasteiger partial charge in [-0.15, -0.1) is 6.58 Å². The van der Waals surface area contributed by atoms with Crippen molar-refractivity contribution in [2.75, 3.05) is 6.61 Å². The van der Waals surface area contributed by atoms with Crippen LogP contribution in [0.2, 0.25) is 0 Å². The van der Waals surface area contributed by atoms with E-state index in [2.05, 4.69) is 6.58 Å². The van der Waals surface area contributed by atoms with Gasteiger partial charge in [0.15, 0.2) is 0 Å². The van der Waals surface area contributed by atoms with Crippen LogP contribution >= 0.6 is 0 Å². The summed E-state index contributed by atoms with van der Waals surface area (Å²) in [7, 11) is 0. The molecule has 0 aromatic heterocycles. The zero-order chi connectivity index (χ0) is 11.1. The van der Waals surface area contributed by atoms with E-state index in [4.69, 9.17) is 9.84 Å². The molecule has 0 saturated carbocycles. The van der Waals surface area contributed by atoms with Crippen molar-refractivity contribution in [3.63, 3.8) is 0 Å². The molecule has 0 saturated heterocycles. The van der Waals surface area contributed by atoms with Crippen molar-refractivity contribution in [3.05, 3.63) is 48.6 Å². The molecule has 2 atom stereocenters. The topological polar surface area (TPSA) is 49.7 Å². The molecule has 0 fully saturated rings. The minimum Gasteiger partial charge on any atom is -0.394 e. The molecule has 0 amide bonds. The Labute approximate surface area is 89.6 Å². The lowest BCUT2D eigenvalue weighted by molar-refractivity contribution is -0.0404. The quantitative estimate of drug-likeness (QED) is 0.688. The molecule has 1 aromatic rings. The van der Waals surface area contributed by atoms with Crippen molar-refractivity contribution in [1.82, 2.24) is 0 Å². The maximum atomic E-state index is 9.35. The molecule has 82 valence electrons. The summed E-state index contributed by atoms with van der Waals surface area (Å²) in [5, 5.41) is 18.1. The first-order valence-corrected chi connectivity index (χ1v) is 4.85. The number of rotatable bonds is 6. The van der Waals surface area contributed by atoms with Gasteiger partial charge >= 0.3 is 0 Å². The first-order valence-electron chi connectivity index (χ1n) is 4.85. The van der Waals surface area contributed by atoms with Crippen LogP contribution in [-0.4, -0.2) is 29.0 Å². The fourth-order valence-corrected chi connectivity index (χ4v) is 1.21. The van der Waals surface area contributed by atoms with E-state index in [0.29, 0.717) is 6.61 Å². The van der Waals surface area contributed by atoms with E-state index in [1.807, 2.05) is 30.3 Å². The Morgan fingerprint density at radius 3 is 2.53 bits per heavy atom. The average molecular weight is 208 g/mol. The van der Waals surface area contributed by atoms with Gasteiger partial charge in [-0.3, -0.25) is 0 Å². The third kappa shape index (κ3) is 3.83. The van der Waals surface area contributed by atoms with E-state index in [9.17, 15) is 5.11 Å². The largest absolute Gasteiger partial charge is 0.394 e. The molecule has 0 bridgehead atoms. The van der Waals surface area contributed by atoms with Gasteiger partial charge in [-0.25, -0.2) is 0 Å². The van der Waals surface area contributed by atoms with E-state index in [-0.39, 0.29) is 6.61 Å². The molecule has 0 heterocycles. The van der Waals surface area contributed by atoms with Gasteiger partial charge in [-0.1, -0.05) is 36.4 Å². The number of aliphatic hydroxyl groups is 2. The van der Waals surface area contributed by atoms with E-state index >= 15 is 0 Å². The molecule has 3 heteroatoms. The Hall–Kier alpha value is -1.16. The minimum atomic E-state index is -0.911. The van der Waals surface area contributed by atoms with Crippen LogP contribution in [0.3, 0.4) is 0 Å². The van der Waals surface area contributed by atoms with Gasteiger partial charge in [0.2, 0.25) is 0 Å². The van der Waals surface area contributed by atoms with Gasteiger partial charge in [0.25, 0.3) is 0 Å². The van der Waals surface area contributed by atoms with Crippen LogP contribution in [0.25, 0.3) is 0 Å². The second-order valence-electron chi connectivity index (χ2n) is 3.25. The Balaban J connectivity index is 2.44. The normalized spacial score (nSPS) is 14.5. The Bertz CT molecular complexity index is 284. The van der Waals surface area contributed by atoms with Crippen molar-refractivity contribution >= 4 is 0 Å². The molecule has 1 rings (SSSR count). The van der Waals surface area contributed by atoms with Crippen molar-refractivity contribution in [1.29, 1.82) is 0 Å². The molecule has 3 nitrogen and oxygen atoms in total. The number of hydrogen-bond acceptors (Lipinski definition) is 3. The minimum absolute atomic E-state index is 0.328. The van der Waals surface area contributed by atoms with Crippen LogP contribution in [0.1, 0.15) is 5.56 Å². The molecule has 1 aromatic carbocycles. The fraction of sp³-hybridized carbons (Fsp3) is 0.333. The molecule has 0 aliphatic heterocycles. The van der Waals surface area contributed by atoms with Crippen LogP contribution in [0, 0.1) is 0 Å². The Morgan fingerprint density at radius 1 is 1.33 bits per heavy atom. The van der Waals surface area contributed by atoms with Crippen LogP contribution in [-0.2, 0) is 11.3 Å². The van der Waals surface area contributed by atoms with Gasteiger partial charge in [0.1, 0.15) is 12.2 Å². The first-order chi connectivity index (χ1) is 7.27. The predicted molar refractivity (Wildman–Crippen MR) is 58.3 cm³/mol. The predicted octanol–water partition coefficient (Wildman–Crippen LogP) is 1.11. The lowest BCUT2D eigenvalue weighted by atomic mass is 10.2. The van der Waals surface area contributed by atoms with Crippen LogP contribution in [0.5, 0.6) is 0 Å². The Morgan fingerprint density at radius 2 is 2.00 bits per heavy atom. The molecule has 15 heavy (non-hydrogen) atoms. The van der Waals surface area contributed by atoms with E-state index < -0.39 is 12.2 Å². The standard InChI is InChI=1S/C12H16O3/c1-2-12(11(14)8-13)15-9-10-6-4-3-5-7-10/h2-7,11-14H,1,8-9H2/t11-,12-/m1/s1. The first kappa shape index (κ1) is 11.9. The van der Waals surface area contributed by atoms with Gasteiger partial charge in [-0.05, 0) is 5.56 Å². The summed E-state index contributed by atoms with van der Waals surface area (Å²) in [5.74, 6) is 0. The average Bonchev–Trinajstić information content (AvgIpc) is 2.31. The van der Waals surface area contributed by atoms with Gasteiger partial charge in [0, 0.05) is 0 Å². The number of benzene rings is 1. The van der Waals surface area contributed by atoms with Crippen LogP contribution < -0.4 is 0 Å². The van der Waals surface area contributed by atoms with Crippen LogP contribution in [0.15, 0.2) is 43.0 Å². The molecule has 0 spiro atoms. The second-order valence-corrected chi connectivity index (χ2v) is 3.25. The highest BCUT2D eigenvalue weighted by molar-refractivity contribution is 5.13. The lowest BCUT2D eigenvalue weighted by Crippen LogP contribution is -2.30. The highest BCUT2D eigenvalue weighted by Crippen LogP contribution is 2.06. The number of hydrogen-bond donors (Lipinski definition) is 2. The summed E-state index contributed by atoms with van der Waals surface area (Å²) in [4.78, 5) is 0. The third-order valence-corrected chi connectivity index (χ3v) is 2.08. The van der Waals surface area contributed by atoms with Gasteiger partial charge in [0.05, 0.1) is 13.2 Å². The lowest BCUT2D eigenvalue weighted by Gasteiger charge is -2.18. The summed E-state index contributed by atoms with van der Waals surface area (Å²) in [6, 6.07) is 9.64. The van der Waals surface area contributed by atoms with Crippen molar-refractivity contribution < 1.29 is 14.9 Å². The monoisotopic (exact) mass is 208 g/mol. The molecule has 0 aliphatic carbocycles. The highest BCUT2D eigenvalue weighted by Gasteiger charge is 2.14. The summed E-state index contributed by atoms with van der Waals surface area (Å²) in [5.41, 5.74) is 1.02. The highest BCUT2D eigenvalue weighted by atomic mass is 16.5. The molecule has 2 N–H and O–H groups in total. The summed E-state index contributed by atoms with van der Waals surface area (Å²) < 4.78 is 5.40. The maximum Gasteiger partial charge on any atom is 0.107 e. The number of ether oxygens (including phenoxy) is 1. The van der Waals surface area contributed by atoms with E-state index in [1.54, 1.807) is 0 Å². The molecule has 0 unspecified atom stereocenters. The summed E-state index contributed by atoms with van der Waals surface area (Å²) in [6.45, 7) is 3.62. The molecule has 0 aliphatic rings.